The highest BCUT2D eigenvalue weighted by Gasteiger charge is 2.52. The number of amides is 1. The molecule has 2 aromatic carbocycles. The standard InChI is InChI=1S/C26H24Cl2N2O2/c1-16-7-8-19-18(15-16)20(21(27)22(29-19)17-5-3-2-4-6-17)23(31)30-26-12-9-25(10-13-26,11-14-26)24(28)32/h2-8,15H,9-14H2,1H3,(H,30,31). The third-order valence-electron chi connectivity index (χ3n) is 7.40. The number of hydrogen-bond acceptors (Lipinski definition) is 3. The van der Waals surface area contributed by atoms with Gasteiger partial charge in [-0.1, -0.05) is 53.6 Å². The van der Waals surface area contributed by atoms with Crippen LogP contribution in [0, 0.1) is 12.3 Å². The molecule has 164 valence electrons. The van der Waals surface area contributed by atoms with Crippen molar-refractivity contribution in [3.05, 3.63) is 64.7 Å². The zero-order valence-electron chi connectivity index (χ0n) is 17.9. The minimum Gasteiger partial charge on any atom is -0.347 e. The molecule has 0 atom stereocenters. The molecule has 1 N–H and O–H groups in total. The normalized spacial score (nSPS) is 24.5. The summed E-state index contributed by atoms with van der Waals surface area (Å²) in [5, 5.41) is 4.20. The molecule has 32 heavy (non-hydrogen) atoms. The van der Waals surface area contributed by atoms with Crippen LogP contribution >= 0.6 is 23.2 Å². The van der Waals surface area contributed by atoms with Crippen LogP contribution in [0.25, 0.3) is 22.2 Å². The second-order valence-electron chi connectivity index (χ2n) is 9.32. The number of halogens is 2. The number of nitrogens with one attached hydrogen (secondary N) is 1. The molecule has 3 aliphatic rings. The van der Waals surface area contributed by atoms with Crippen LogP contribution in [0.5, 0.6) is 0 Å². The highest BCUT2D eigenvalue weighted by Crippen LogP contribution is 2.53. The number of fused-ring (bicyclic) bond motifs is 4. The maximum absolute atomic E-state index is 13.7. The van der Waals surface area contributed by atoms with E-state index in [2.05, 4.69) is 5.32 Å². The van der Waals surface area contributed by atoms with Gasteiger partial charge in [0.2, 0.25) is 5.24 Å². The van der Waals surface area contributed by atoms with Gasteiger partial charge in [0, 0.05) is 21.9 Å². The molecule has 1 aromatic heterocycles. The summed E-state index contributed by atoms with van der Waals surface area (Å²) in [6, 6.07) is 15.6. The van der Waals surface area contributed by atoms with Crippen molar-refractivity contribution in [3.8, 4) is 11.3 Å². The molecule has 0 saturated heterocycles. The van der Waals surface area contributed by atoms with Gasteiger partial charge in [-0.15, -0.1) is 0 Å². The van der Waals surface area contributed by atoms with E-state index >= 15 is 0 Å². The lowest BCUT2D eigenvalue weighted by molar-refractivity contribution is -0.127. The fourth-order valence-corrected chi connectivity index (χ4v) is 5.96. The van der Waals surface area contributed by atoms with Crippen LogP contribution in [0.4, 0.5) is 0 Å². The van der Waals surface area contributed by atoms with Crippen molar-refractivity contribution < 1.29 is 9.59 Å². The summed E-state index contributed by atoms with van der Waals surface area (Å²) in [6.07, 6.45) is 4.41. The van der Waals surface area contributed by atoms with Crippen LogP contribution in [-0.4, -0.2) is 21.7 Å². The molecule has 3 aliphatic carbocycles. The highest BCUT2D eigenvalue weighted by molar-refractivity contribution is 6.64. The van der Waals surface area contributed by atoms with Gasteiger partial charge in [0.1, 0.15) is 0 Å². The summed E-state index contributed by atoms with van der Waals surface area (Å²) in [4.78, 5) is 30.5. The Bertz CT molecular complexity index is 1220. The molecule has 0 aliphatic heterocycles. The smallest absolute Gasteiger partial charge is 0.253 e. The average molecular weight is 467 g/mol. The minimum atomic E-state index is -0.410. The molecule has 2 bridgehead atoms. The molecule has 1 heterocycles. The maximum Gasteiger partial charge on any atom is 0.253 e. The van der Waals surface area contributed by atoms with Gasteiger partial charge in [-0.25, -0.2) is 4.98 Å². The molecule has 3 aromatic rings. The van der Waals surface area contributed by atoms with E-state index in [9.17, 15) is 9.59 Å². The number of hydrogen-bond donors (Lipinski definition) is 1. The van der Waals surface area contributed by atoms with Gasteiger partial charge in [0.25, 0.3) is 5.91 Å². The number of carbonyl (C=O) groups excluding carboxylic acids is 2. The Hall–Kier alpha value is -2.43. The number of nitrogens with zero attached hydrogens (tertiary/aromatic N) is 1. The van der Waals surface area contributed by atoms with E-state index in [1.165, 1.54) is 0 Å². The van der Waals surface area contributed by atoms with Crippen molar-refractivity contribution >= 4 is 45.3 Å². The van der Waals surface area contributed by atoms with E-state index in [4.69, 9.17) is 28.2 Å². The van der Waals surface area contributed by atoms with E-state index in [1.807, 2.05) is 55.5 Å². The van der Waals surface area contributed by atoms with Crippen molar-refractivity contribution in [1.82, 2.24) is 10.3 Å². The summed E-state index contributed by atoms with van der Waals surface area (Å²) in [5.74, 6) is -0.184. The van der Waals surface area contributed by atoms with Gasteiger partial charge in [-0.2, -0.15) is 0 Å². The fraction of sp³-hybridized carbons (Fsp3) is 0.346. The Labute approximate surface area is 197 Å². The van der Waals surface area contributed by atoms with Crippen molar-refractivity contribution in [1.29, 1.82) is 0 Å². The van der Waals surface area contributed by atoms with Gasteiger partial charge in [-0.3, -0.25) is 9.59 Å². The van der Waals surface area contributed by atoms with Crippen LogP contribution in [0.2, 0.25) is 5.02 Å². The number of carbonyl (C=O) groups is 2. The lowest BCUT2D eigenvalue weighted by atomic mass is 9.57. The van der Waals surface area contributed by atoms with Gasteiger partial charge >= 0.3 is 0 Å². The Morgan fingerprint density at radius 2 is 1.62 bits per heavy atom. The molecular weight excluding hydrogens is 443 g/mol. The Morgan fingerprint density at radius 1 is 0.969 bits per heavy atom. The van der Waals surface area contributed by atoms with Gasteiger partial charge in [0.15, 0.2) is 0 Å². The van der Waals surface area contributed by atoms with E-state index in [1.54, 1.807) is 0 Å². The van der Waals surface area contributed by atoms with E-state index in [0.29, 0.717) is 16.3 Å². The molecule has 0 unspecified atom stereocenters. The topological polar surface area (TPSA) is 59.1 Å². The van der Waals surface area contributed by atoms with Gasteiger partial charge < -0.3 is 5.32 Å². The predicted molar refractivity (Wildman–Crippen MR) is 128 cm³/mol. The first-order valence-electron chi connectivity index (χ1n) is 11.0. The lowest BCUT2D eigenvalue weighted by Gasteiger charge is -2.52. The molecule has 3 saturated carbocycles. The van der Waals surface area contributed by atoms with Gasteiger partial charge in [0.05, 0.1) is 21.8 Å². The van der Waals surface area contributed by atoms with Crippen LogP contribution < -0.4 is 5.32 Å². The van der Waals surface area contributed by atoms with Crippen LogP contribution in [0.15, 0.2) is 48.5 Å². The van der Waals surface area contributed by atoms with Crippen LogP contribution in [0.3, 0.4) is 0 Å². The minimum absolute atomic E-state index is 0.184. The number of aromatic nitrogens is 1. The largest absolute Gasteiger partial charge is 0.347 e. The number of benzene rings is 2. The highest BCUT2D eigenvalue weighted by atomic mass is 35.5. The number of pyridine rings is 1. The first-order valence-corrected chi connectivity index (χ1v) is 11.8. The SMILES string of the molecule is Cc1ccc2nc(-c3ccccc3)c(Cl)c(C(=O)NC34CCC(C(=O)Cl)(CC3)CC4)c2c1. The monoisotopic (exact) mass is 466 g/mol. The third-order valence-corrected chi connectivity index (χ3v) is 8.17. The average Bonchev–Trinajstić information content (AvgIpc) is 2.80. The zero-order valence-corrected chi connectivity index (χ0v) is 19.4. The van der Waals surface area contributed by atoms with Crippen molar-refractivity contribution in [2.24, 2.45) is 5.41 Å². The molecule has 4 nitrogen and oxygen atoms in total. The zero-order chi connectivity index (χ0) is 22.5. The molecule has 3 fully saturated rings. The molecule has 0 spiro atoms. The van der Waals surface area contributed by atoms with E-state index in [0.717, 1.165) is 60.6 Å². The second kappa shape index (κ2) is 7.86. The fourth-order valence-electron chi connectivity index (χ4n) is 5.33. The number of rotatable bonds is 4. The first-order chi connectivity index (χ1) is 15.3. The van der Waals surface area contributed by atoms with E-state index < -0.39 is 5.41 Å². The maximum atomic E-state index is 13.7. The number of aryl methyl sites for hydroxylation is 1. The quantitative estimate of drug-likeness (QED) is 0.449. The third kappa shape index (κ3) is 3.50. The predicted octanol–water partition coefficient (Wildman–Crippen LogP) is 6.45. The van der Waals surface area contributed by atoms with Gasteiger partial charge in [-0.05, 0) is 69.2 Å². The molecule has 6 rings (SSSR count). The summed E-state index contributed by atoms with van der Waals surface area (Å²) in [5.41, 5.74) is 2.98. The molecule has 6 heteroatoms. The molecule has 0 radical (unpaired) electrons. The van der Waals surface area contributed by atoms with E-state index in [-0.39, 0.29) is 16.7 Å². The van der Waals surface area contributed by atoms with Crippen LogP contribution in [0.1, 0.15) is 54.4 Å². The second-order valence-corrected chi connectivity index (χ2v) is 10.0. The van der Waals surface area contributed by atoms with Crippen molar-refractivity contribution in [2.75, 3.05) is 0 Å². The lowest BCUT2D eigenvalue weighted by Crippen LogP contribution is -2.57. The molecular formula is C26H24Cl2N2O2. The Kier molecular flexibility index (Phi) is 5.26. The van der Waals surface area contributed by atoms with Crippen molar-refractivity contribution in [3.63, 3.8) is 0 Å². The molecule has 1 amide bonds. The van der Waals surface area contributed by atoms with Crippen molar-refractivity contribution in [2.45, 2.75) is 51.0 Å². The Morgan fingerprint density at radius 3 is 2.25 bits per heavy atom. The summed E-state index contributed by atoms with van der Waals surface area (Å²) in [7, 11) is 0. The summed E-state index contributed by atoms with van der Waals surface area (Å²) in [6.45, 7) is 1.99. The van der Waals surface area contributed by atoms with Crippen LogP contribution in [-0.2, 0) is 4.79 Å². The summed E-state index contributed by atoms with van der Waals surface area (Å²) >= 11 is 12.8. The Balaban J connectivity index is 1.56. The first kappa shape index (κ1) is 21.4. The summed E-state index contributed by atoms with van der Waals surface area (Å²) < 4.78 is 0.